The molecule has 0 atom stereocenters. The highest BCUT2D eigenvalue weighted by Gasteiger charge is 2.36. The maximum Gasteiger partial charge on any atom is 0.0177 e. The molecule has 0 radical (unpaired) electrons. The summed E-state index contributed by atoms with van der Waals surface area (Å²) < 4.78 is 1.37. The zero-order valence-electron chi connectivity index (χ0n) is 10.3. The fourth-order valence-electron chi connectivity index (χ4n) is 2.93. The second kappa shape index (κ2) is 3.58. The van der Waals surface area contributed by atoms with Crippen molar-refractivity contribution in [2.24, 2.45) is 0 Å². The van der Waals surface area contributed by atoms with Gasteiger partial charge in [0.05, 0.1) is 0 Å². The maximum absolute atomic E-state index is 2.46. The summed E-state index contributed by atoms with van der Waals surface area (Å²) in [6.45, 7) is 6.84. The smallest absolute Gasteiger partial charge is 0.0177 e. The topological polar surface area (TPSA) is 0 Å². The number of aryl methyl sites for hydroxylation is 1. The molecule has 0 aliphatic heterocycles. The fraction of sp³-hybridized carbons (Fsp3) is 0.250. The summed E-state index contributed by atoms with van der Waals surface area (Å²) in [6, 6.07) is 13.4. The van der Waals surface area contributed by atoms with Gasteiger partial charge in [-0.1, -0.05) is 49.7 Å². The van der Waals surface area contributed by atoms with Crippen LogP contribution in [0, 0.1) is 10.5 Å². The van der Waals surface area contributed by atoms with E-state index in [2.05, 4.69) is 79.8 Å². The number of hydrogen-bond acceptors (Lipinski definition) is 0. The first-order valence-electron chi connectivity index (χ1n) is 5.92. The van der Waals surface area contributed by atoms with Crippen molar-refractivity contribution in [1.29, 1.82) is 0 Å². The minimum Gasteiger partial charge on any atom is -0.0606 e. The van der Waals surface area contributed by atoms with Gasteiger partial charge in [-0.15, -0.1) is 0 Å². The lowest BCUT2D eigenvalue weighted by molar-refractivity contribution is 0.656. The van der Waals surface area contributed by atoms with E-state index in [4.69, 9.17) is 0 Å². The van der Waals surface area contributed by atoms with Gasteiger partial charge in [0.2, 0.25) is 0 Å². The Morgan fingerprint density at radius 1 is 1.00 bits per heavy atom. The van der Waals surface area contributed by atoms with Crippen molar-refractivity contribution >= 4 is 22.6 Å². The number of fused-ring (bicyclic) bond motifs is 3. The van der Waals surface area contributed by atoms with Gasteiger partial charge >= 0.3 is 0 Å². The Balaban J connectivity index is 2.42. The van der Waals surface area contributed by atoms with Crippen LogP contribution in [0.4, 0.5) is 0 Å². The Kier molecular flexibility index (Phi) is 2.37. The van der Waals surface area contributed by atoms with E-state index in [0.717, 1.165) is 0 Å². The van der Waals surface area contributed by atoms with Gasteiger partial charge in [-0.3, -0.25) is 0 Å². The second-order valence-electron chi connectivity index (χ2n) is 5.34. The van der Waals surface area contributed by atoms with Crippen LogP contribution in [0.15, 0.2) is 36.4 Å². The van der Waals surface area contributed by atoms with Crippen LogP contribution in [-0.4, -0.2) is 0 Å². The molecule has 0 amide bonds. The highest BCUT2D eigenvalue weighted by atomic mass is 127. The summed E-state index contributed by atoms with van der Waals surface area (Å²) in [5.41, 5.74) is 7.26. The van der Waals surface area contributed by atoms with E-state index in [0.29, 0.717) is 0 Å². The molecule has 0 fully saturated rings. The lowest BCUT2D eigenvalue weighted by atomic mass is 9.82. The molecule has 0 unspecified atom stereocenters. The summed E-state index contributed by atoms with van der Waals surface area (Å²) in [6.07, 6.45) is 0. The van der Waals surface area contributed by atoms with Crippen LogP contribution >= 0.6 is 22.6 Å². The minimum absolute atomic E-state index is 0.133. The zero-order valence-corrected chi connectivity index (χ0v) is 12.5. The molecule has 1 heteroatoms. The van der Waals surface area contributed by atoms with Gasteiger partial charge in [-0.05, 0) is 57.8 Å². The third kappa shape index (κ3) is 1.48. The molecule has 0 aromatic heterocycles. The number of benzene rings is 2. The Morgan fingerprint density at radius 2 is 1.76 bits per heavy atom. The zero-order chi connectivity index (χ0) is 12.2. The van der Waals surface area contributed by atoms with Gasteiger partial charge in [-0.25, -0.2) is 0 Å². The van der Waals surface area contributed by atoms with Gasteiger partial charge < -0.3 is 0 Å². The highest BCUT2D eigenvalue weighted by molar-refractivity contribution is 14.1. The first-order valence-corrected chi connectivity index (χ1v) is 7.00. The normalized spacial score (nSPS) is 15.5. The monoisotopic (exact) mass is 334 g/mol. The molecule has 3 rings (SSSR count). The Labute approximate surface area is 116 Å². The van der Waals surface area contributed by atoms with Crippen LogP contribution in [0.2, 0.25) is 0 Å². The molecular weight excluding hydrogens is 319 g/mol. The van der Waals surface area contributed by atoms with E-state index in [1.54, 1.807) is 0 Å². The summed E-state index contributed by atoms with van der Waals surface area (Å²) in [5, 5.41) is 0. The molecule has 0 heterocycles. The summed E-state index contributed by atoms with van der Waals surface area (Å²) >= 11 is 2.46. The van der Waals surface area contributed by atoms with Crippen molar-refractivity contribution in [1.82, 2.24) is 0 Å². The molecule has 1 aliphatic carbocycles. The molecule has 0 nitrogen and oxygen atoms in total. The lowest BCUT2D eigenvalue weighted by Crippen LogP contribution is -2.16. The van der Waals surface area contributed by atoms with Gasteiger partial charge in [0.1, 0.15) is 0 Å². The van der Waals surface area contributed by atoms with Crippen molar-refractivity contribution in [3.8, 4) is 11.1 Å². The average molecular weight is 334 g/mol. The van der Waals surface area contributed by atoms with Crippen molar-refractivity contribution in [3.05, 3.63) is 56.7 Å². The Morgan fingerprint density at radius 3 is 2.53 bits per heavy atom. The number of hydrogen-bond donors (Lipinski definition) is 0. The number of rotatable bonds is 0. The predicted molar refractivity (Wildman–Crippen MR) is 81.5 cm³/mol. The van der Waals surface area contributed by atoms with Crippen LogP contribution < -0.4 is 0 Å². The van der Waals surface area contributed by atoms with E-state index in [1.165, 1.54) is 31.4 Å². The largest absolute Gasteiger partial charge is 0.0606 e. The molecule has 1 aliphatic rings. The minimum atomic E-state index is 0.133. The molecule has 86 valence electrons. The van der Waals surface area contributed by atoms with E-state index in [1.807, 2.05) is 0 Å². The summed E-state index contributed by atoms with van der Waals surface area (Å²) in [4.78, 5) is 0. The highest BCUT2D eigenvalue weighted by Crippen LogP contribution is 2.50. The van der Waals surface area contributed by atoms with E-state index < -0.39 is 0 Å². The first-order chi connectivity index (χ1) is 8.01. The third-order valence-electron chi connectivity index (χ3n) is 3.78. The molecule has 17 heavy (non-hydrogen) atoms. The van der Waals surface area contributed by atoms with Crippen molar-refractivity contribution in [3.63, 3.8) is 0 Å². The molecule has 2 aromatic carbocycles. The van der Waals surface area contributed by atoms with Gasteiger partial charge in [0, 0.05) is 8.99 Å². The Bertz CT molecular complexity index is 609. The van der Waals surface area contributed by atoms with Crippen LogP contribution in [0.3, 0.4) is 0 Å². The van der Waals surface area contributed by atoms with Crippen molar-refractivity contribution < 1.29 is 0 Å². The number of halogens is 1. The lowest BCUT2D eigenvalue weighted by Gasteiger charge is -2.22. The van der Waals surface area contributed by atoms with Gasteiger partial charge in [0.15, 0.2) is 0 Å². The SMILES string of the molecule is Cc1ccc2c(c1)C(C)(C)c1c(I)cccc1-2. The molecule has 0 bridgehead atoms. The third-order valence-corrected chi connectivity index (χ3v) is 4.68. The van der Waals surface area contributed by atoms with Gasteiger partial charge in [-0.2, -0.15) is 0 Å². The van der Waals surface area contributed by atoms with Crippen LogP contribution in [0.1, 0.15) is 30.5 Å². The van der Waals surface area contributed by atoms with Crippen LogP contribution in [0.25, 0.3) is 11.1 Å². The Hall–Kier alpha value is -0.830. The molecule has 0 spiro atoms. The van der Waals surface area contributed by atoms with Crippen molar-refractivity contribution in [2.45, 2.75) is 26.2 Å². The molecular formula is C16H15I. The molecule has 0 N–H and O–H groups in total. The molecule has 0 saturated heterocycles. The maximum atomic E-state index is 2.46. The van der Waals surface area contributed by atoms with Crippen molar-refractivity contribution in [2.75, 3.05) is 0 Å². The molecule has 2 aromatic rings. The summed E-state index contributed by atoms with van der Waals surface area (Å²) in [7, 11) is 0. The van der Waals surface area contributed by atoms with Crippen LogP contribution in [-0.2, 0) is 5.41 Å². The van der Waals surface area contributed by atoms with Gasteiger partial charge in [0.25, 0.3) is 0 Å². The van der Waals surface area contributed by atoms with E-state index >= 15 is 0 Å². The van der Waals surface area contributed by atoms with E-state index in [9.17, 15) is 0 Å². The quantitative estimate of drug-likeness (QED) is 0.601. The predicted octanol–water partition coefficient (Wildman–Crippen LogP) is 4.91. The summed E-state index contributed by atoms with van der Waals surface area (Å²) in [5.74, 6) is 0. The fourth-order valence-corrected chi connectivity index (χ4v) is 4.10. The second-order valence-corrected chi connectivity index (χ2v) is 6.50. The standard InChI is InChI=1S/C16H15I/c1-10-7-8-11-12-5-4-6-14(17)15(12)16(2,3)13(11)9-10/h4-9H,1-3H3. The van der Waals surface area contributed by atoms with E-state index in [-0.39, 0.29) is 5.41 Å². The average Bonchev–Trinajstić information content (AvgIpc) is 2.49. The first kappa shape index (κ1) is 11.3. The molecule has 0 saturated carbocycles. The van der Waals surface area contributed by atoms with Crippen LogP contribution in [0.5, 0.6) is 0 Å².